The van der Waals surface area contributed by atoms with Crippen molar-refractivity contribution in [3.63, 3.8) is 0 Å². The molecule has 1 unspecified atom stereocenters. The van der Waals surface area contributed by atoms with Gasteiger partial charge in [-0.3, -0.25) is 14.6 Å². The van der Waals surface area contributed by atoms with Crippen LogP contribution < -0.4 is 10.6 Å². The van der Waals surface area contributed by atoms with E-state index in [1.165, 1.54) is 17.8 Å². The number of amides is 2. The van der Waals surface area contributed by atoms with Gasteiger partial charge in [0, 0.05) is 35.2 Å². The van der Waals surface area contributed by atoms with Gasteiger partial charge in [-0.2, -0.15) is 0 Å². The van der Waals surface area contributed by atoms with Crippen LogP contribution in [0.5, 0.6) is 0 Å². The minimum atomic E-state index is -0.279. The van der Waals surface area contributed by atoms with E-state index in [-0.39, 0.29) is 17.9 Å². The molecular formula is C24H22N6O2S. The Morgan fingerprint density at radius 3 is 2.91 bits per heavy atom. The lowest BCUT2D eigenvalue weighted by Crippen LogP contribution is -2.34. The van der Waals surface area contributed by atoms with Gasteiger partial charge in [0.2, 0.25) is 5.91 Å². The predicted molar refractivity (Wildman–Crippen MR) is 128 cm³/mol. The van der Waals surface area contributed by atoms with Crippen molar-refractivity contribution in [3.8, 4) is 0 Å². The highest BCUT2D eigenvalue weighted by Gasteiger charge is 2.17. The SMILES string of the molecule is C=CC(=O)Nc1cccc(Sc2cnc3[nH]cc(C(=O)NC(C)Cc4cccnc4)c3n2)c1. The topological polar surface area (TPSA) is 113 Å². The number of aromatic nitrogens is 4. The number of benzene rings is 1. The van der Waals surface area contributed by atoms with E-state index in [9.17, 15) is 9.59 Å². The number of fused-ring (bicyclic) bond motifs is 1. The summed E-state index contributed by atoms with van der Waals surface area (Å²) in [6.45, 7) is 5.41. The molecule has 2 amide bonds. The number of anilines is 1. The molecular weight excluding hydrogens is 436 g/mol. The molecule has 166 valence electrons. The predicted octanol–water partition coefficient (Wildman–Crippen LogP) is 3.99. The smallest absolute Gasteiger partial charge is 0.255 e. The summed E-state index contributed by atoms with van der Waals surface area (Å²) in [6, 6.07) is 11.2. The molecule has 9 heteroatoms. The number of nitrogens with zero attached hydrogens (tertiary/aromatic N) is 3. The molecule has 1 atom stereocenters. The first-order chi connectivity index (χ1) is 16.0. The van der Waals surface area contributed by atoms with Crippen LogP contribution in [0.3, 0.4) is 0 Å². The van der Waals surface area contributed by atoms with Crippen molar-refractivity contribution in [2.75, 3.05) is 5.32 Å². The molecule has 0 aliphatic heterocycles. The summed E-state index contributed by atoms with van der Waals surface area (Å²) in [4.78, 5) is 41.5. The zero-order valence-corrected chi connectivity index (χ0v) is 18.7. The summed E-state index contributed by atoms with van der Waals surface area (Å²) >= 11 is 1.39. The monoisotopic (exact) mass is 458 g/mol. The van der Waals surface area contributed by atoms with Gasteiger partial charge in [0.1, 0.15) is 10.5 Å². The van der Waals surface area contributed by atoms with E-state index in [0.29, 0.717) is 33.9 Å². The number of H-pyrrole nitrogens is 1. The molecule has 0 fully saturated rings. The third kappa shape index (κ3) is 5.64. The molecule has 33 heavy (non-hydrogen) atoms. The number of nitrogens with one attached hydrogen (secondary N) is 3. The molecule has 0 saturated heterocycles. The van der Waals surface area contributed by atoms with Crippen LogP contribution in [0.4, 0.5) is 5.69 Å². The van der Waals surface area contributed by atoms with Crippen molar-refractivity contribution < 1.29 is 9.59 Å². The van der Waals surface area contributed by atoms with Crippen LogP contribution in [0.15, 0.2) is 83.8 Å². The number of rotatable bonds is 8. The van der Waals surface area contributed by atoms with Crippen molar-refractivity contribution in [2.45, 2.75) is 29.3 Å². The first-order valence-electron chi connectivity index (χ1n) is 10.3. The zero-order valence-electron chi connectivity index (χ0n) is 17.9. The Labute approximate surface area is 195 Å². The first kappa shape index (κ1) is 22.2. The maximum atomic E-state index is 12.9. The molecule has 3 N–H and O–H groups in total. The van der Waals surface area contributed by atoms with Crippen LogP contribution in [0.1, 0.15) is 22.8 Å². The van der Waals surface area contributed by atoms with Crippen LogP contribution >= 0.6 is 11.8 Å². The van der Waals surface area contributed by atoms with Crippen LogP contribution in [-0.2, 0) is 11.2 Å². The highest BCUT2D eigenvalue weighted by molar-refractivity contribution is 7.99. The van der Waals surface area contributed by atoms with E-state index < -0.39 is 0 Å². The van der Waals surface area contributed by atoms with Crippen molar-refractivity contribution in [1.82, 2.24) is 25.3 Å². The fourth-order valence-corrected chi connectivity index (χ4v) is 4.09. The summed E-state index contributed by atoms with van der Waals surface area (Å²) < 4.78 is 0. The molecule has 0 radical (unpaired) electrons. The second kappa shape index (κ2) is 10.1. The Bertz CT molecular complexity index is 1300. The fourth-order valence-electron chi connectivity index (χ4n) is 3.27. The molecule has 0 saturated carbocycles. The maximum Gasteiger partial charge on any atom is 0.255 e. The van der Waals surface area contributed by atoms with E-state index in [1.807, 2.05) is 37.3 Å². The Kier molecular flexibility index (Phi) is 6.80. The van der Waals surface area contributed by atoms with Gasteiger partial charge in [-0.05, 0) is 49.2 Å². The van der Waals surface area contributed by atoms with Crippen LogP contribution in [-0.4, -0.2) is 37.8 Å². The summed E-state index contributed by atoms with van der Waals surface area (Å²) in [5, 5.41) is 6.38. The van der Waals surface area contributed by atoms with Crippen molar-refractivity contribution in [2.24, 2.45) is 0 Å². The second-order valence-electron chi connectivity index (χ2n) is 7.37. The normalized spacial score (nSPS) is 11.7. The number of hydrogen-bond donors (Lipinski definition) is 3. The minimum absolute atomic E-state index is 0.0781. The quantitative estimate of drug-likeness (QED) is 0.344. The van der Waals surface area contributed by atoms with Gasteiger partial charge in [0.05, 0.1) is 11.8 Å². The summed E-state index contributed by atoms with van der Waals surface area (Å²) in [6.07, 6.45) is 8.67. The summed E-state index contributed by atoms with van der Waals surface area (Å²) in [5.41, 5.74) is 3.18. The summed E-state index contributed by atoms with van der Waals surface area (Å²) in [5.74, 6) is -0.498. The average molecular weight is 459 g/mol. The van der Waals surface area contributed by atoms with Crippen molar-refractivity contribution in [3.05, 3.63) is 85.0 Å². The lowest BCUT2D eigenvalue weighted by molar-refractivity contribution is -0.111. The van der Waals surface area contributed by atoms with Crippen LogP contribution in [0.2, 0.25) is 0 Å². The van der Waals surface area contributed by atoms with E-state index >= 15 is 0 Å². The standard InChI is InChI=1S/C24H22N6O2S/c1-3-20(31)29-17-7-4-8-18(11-17)33-21-14-27-23-22(30-21)19(13-26-23)24(32)28-15(2)10-16-6-5-9-25-12-16/h3-9,11-15H,1,10H2,2H3,(H,26,27)(H,28,32)(H,29,31). The largest absolute Gasteiger partial charge is 0.349 e. The molecule has 0 spiro atoms. The van der Waals surface area contributed by atoms with Crippen molar-refractivity contribution >= 4 is 40.4 Å². The maximum absolute atomic E-state index is 12.9. The summed E-state index contributed by atoms with van der Waals surface area (Å²) in [7, 11) is 0. The van der Waals surface area contributed by atoms with Gasteiger partial charge < -0.3 is 15.6 Å². The molecule has 3 aromatic heterocycles. The Balaban J connectivity index is 1.49. The van der Waals surface area contributed by atoms with Gasteiger partial charge in [-0.1, -0.05) is 30.5 Å². The lowest BCUT2D eigenvalue weighted by atomic mass is 10.1. The van der Waals surface area contributed by atoms with E-state index in [4.69, 9.17) is 0 Å². The van der Waals surface area contributed by atoms with E-state index in [2.05, 4.69) is 37.1 Å². The fraction of sp³-hybridized carbons (Fsp3) is 0.125. The van der Waals surface area contributed by atoms with Gasteiger partial charge in [-0.25, -0.2) is 9.97 Å². The van der Waals surface area contributed by atoms with Gasteiger partial charge in [-0.15, -0.1) is 0 Å². The molecule has 0 bridgehead atoms. The molecule has 4 aromatic rings. The number of aromatic amines is 1. The second-order valence-corrected chi connectivity index (χ2v) is 8.46. The molecule has 3 heterocycles. The number of hydrogen-bond acceptors (Lipinski definition) is 6. The van der Waals surface area contributed by atoms with Crippen molar-refractivity contribution in [1.29, 1.82) is 0 Å². The van der Waals surface area contributed by atoms with Gasteiger partial charge in [0.25, 0.3) is 5.91 Å². The Morgan fingerprint density at radius 2 is 2.12 bits per heavy atom. The average Bonchev–Trinajstić information content (AvgIpc) is 3.23. The van der Waals surface area contributed by atoms with E-state index in [1.54, 1.807) is 30.9 Å². The number of carbonyl (C=O) groups excluding carboxylic acids is 2. The Morgan fingerprint density at radius 1 is 1.24 bits per heavy atom. The van der Waals surface area contributed by atoms with Gasteiger partial charge in [0.15, 0.2) is 5.65 Å². The molecule has 1 aromatic carbocycles. The first-order valence-corrected chi connectivity index (χ1v) is 11.1. The van der Waals surface area contributed by atoms with Crippen LogP contribution in [0, 0.1) is 0 Å². The molecule has 0 aliphatic rings. The van der Waals surface area contributed by atoms with Gasteiger partial charge >= 0.3 is 0 Å². The zero-order chi connectivity index (χ0) is 23.2. The third-order valence-electron chi connectivity index (χ3n) is 4.75. The van der Waals surface area contributed by atoms with Crippen LogP contribution in [0.25, 0.3) is 11.2 Å². The third-order valence-corrected chi connectivity index (χ3v) is 5.65. The lowest BCUT2D eigenvalue weighted by Gasteiger charge is -2.13. The highest BCUT2D eigenvalue weighted by atomic mass is 32.2. The number of pyridine rings is 1. The number of carbonyl (C=O) groups is 2. The minimum Gasteiger partial charge on any atom is -0.349 e. The molecule has 4 rings (SSSR count). The van der Waals surface area contributed by atoms with E-state index in [0.717, 1.165) is 10.5 Å². The molecule has 0 aliphatic carbocycles. The molecule has 8 nitrogen and oxygen atoms in total. The Hall–Kier alpha value is -3.98. The highest BCUT2D eigenvalue weighted by Crippen LogP contribution is 2.29.